The third kappa shape index (κ3) is 4.78. The number of nitrogens with zero attached hydrogens (tertiary/aromatic N) is 1. The fourth-order valence-corrected chi connectivity index (χ4v) is 2.87. The van der Waals surface area contributed by atoms with Crippen molar-refractivity contribution in [2.24, 2.45) is 0 Å². The Balaban J connectivity index is 1.88. The van der Waals surface area contributed by atoms with Gasteiger partial charge in [-0.3, -0.25) is 14.9 Å². The molecule has 0 radical (unpaired) electrons. The van der Waals surface area contributed by atoms with Gasteiger partial charge in [-0.05, 0) is 36.6 Å². The van der Waals surface area contributed by atoms with Crippen LogP contribution in [0.1, 0.15) is 0 Å². The van der Waals surface area contributed by atoms with E-state index in [0.29, 0.717) is 0 Å². The van der Waals surface area contributed by atoms with Crippen molar-refractivity contribution in [1.82, 2.24) is 0 Å². The molecule has 0 saturated carbocycles. The third-order valence-corrected chi connectivity index (χ3v) is 4.51. The summed E-state index contributed by atoms with van der Waals surface area (Å²) in [6.45, 7) is 0. The number of hydrogen-bond donors (Lipinski definition) is 1. The van der Waals surface area contributed by atoms with E-state index in [9.17, 15) is 14.9 Å². The average molecular weight is 334 g/mol. The maximum absolute atomic E-state index is 11.9. The predicted octanol–water partition coefficient (Wildman–Crippen LogP) is 4.05. The zero-order valence-electron chi connectivity index (χ0n) is 11.8. The lowest BCUT2D eigenvalue weighted by atomic mass is 10.3. The molecule has 1 N–H and O–H groups in total. The lowest BCUT2D eigenvalue weighted by Gasteiger charge is -2.06. The van der Waals surface area contributed by atoms with Crippen LogP contribution in [0.25, 0.3) is 0 Å². The van der Waals surface area contributed by atoms with Crippen LogP contribution in [0, 0.1) is 10.1 Å². The molecule has 114 valence electrons. The Bertz CT molecular complexity index is 675. The van der Waals surface area contributed by atoms with Crippen LogP contribution in [-0.2, 0) is 4.79 Å². The number of nitro groups is 1. The molecule has 0 saturated heterocycles. The molecule has 0 unspecified atom stereocenters. The molecule has 0 aliphatic carbocycles. The van der Waals surface area contributed by atoms with Crippen LogP contribution >= 0.6 is 23.5 Å². The fraction of sp³-hybridized carbons (Fsp3) is 0.133. The van der Waals surface area contributed by atoms with Crippen LogP contribution in [0.15, 0.2) is 58.3 Å². The second kappa shape index (κ2) is 7.86. The second-order valence-corrected chi connectivity index (χ2v) is 6.25. The number of rotatable bonds is 6. The minimum absolute atomic E-state index is 0.0442. The van der Waals surface area contributed by atoms with Gasteiger partial charge in [-0.15, -0.1) is 23.5 Å². The van der Waals surface area contributed by atoms with E-state index in [1.165, 1.54) is 23.9 Å². The summed E-state index contributed by atoms with van der Waals surface area (Å²) in [7, 11) is 0. The molecule has 7 heteroatoms. The number of non-ortho nitro benzene ring substituents is 1. The molecule has 0 aliphatic heterocycles. The molecule has 0 atom stereocenters. The second-order valence-electron chi connectivity index (χ2n) is 4.32. The Hall–Kier alpha value is -1.99. The van der Waals surface area contributed by atoms with Gasteiger partial charge < -0.3 is 5.32 Å². The van der Waals surface area contributed by atoms with Crippen LogP contribution in [0.3, 0.4) is 0 Å². The van der Waals surface area contributed by atoms with Crippen molar-refractivity contribution in [2.75, 3.05) is 17.3 Å². The highest BCUT2D eigenvalue weighted by atomic mass is 32.2. The number of amides is 1. The van der Waals surface area contributed by atoms with Crippen molar-refractivity contribution in [1.29, 1.82) is 0 Å². The number of carbonyl (C=O) groups excluding carboxylic acids is 1. The highest BCUT2D eigenvalue weighted by molar-refractivity contribution is 8.00. The summed E-state index contributed by atoms with van der Waals surface area (Å²) in [5.74, 6) is 0.142. The van der Waals surface area contributed by atoms with Crippen molar-refractivity contribution in [2.45, 2.75) is 9.79 Å². The monoisotopic (exact) mass is 334 g/mol. The molecular formula is C15H14N2O3S2. The molecule has 0 heterocycles. The third-order valence-electron chi connectivity index (χ3n) is 2.77. The molecule has 0 spiro atoms. The molecule has 22 heavy (non-hydrogen) atoms. The van der Waals surface area contributed by atoms with E-state index in [2.05, 4.69) is 5.32 Å². The maximum Gasteiger partial charge on any atom is 0.269 e. The largest absolute Gasteiger partial charge is 0.325 e. The van der Waals surface area contributed by atoms with E-state index in [0.717, 1.165) is 15.5 Å². The first-order valence-corrected chi connectivity index (χ1v) is 8.60. The first kappa shape index (κ1) is 16.4. The van der Waals surface area contributed by atoms with Crippen molar-refractivity contribution < 1.29 is 9.72 Å². The molecule has 0 aromatic heterocycles. The number of benzene rings is 2. The van der Waals surface area contributed by atoms with Crippen molar-refractivity contribution in [3.63, 3.8) is 0 Å². The maximum atomic E-state index is 11.9. The molecule has 2 rings (SSSR count). The van der Waals surface area contributed by atoms with Crippen LogP contribution in [0.5, 0.6) is 0 Å². The molecule has 1 amide bonds. The quantitative estimate of drug-likeness (QED) is 0.490. The first-order chi connectivity index (χ1) is 10.6. The first-order valence-electron chi connectivity index (χ1n) is 6.39. The Morgan fingerprint density at radius 2 is 1.91 bits per heavy atom. The highest BCUT2D eigenvalue weighted by Gasteiger charge is 2.07. The molecule has 0 bridgehead atoms. The summed E-state index contributed by atoms with van der Waals surface area (Å²) >= 11 is 2.95. The summed E-state index contributed by atoms with van der Waals surface area (Å²) in [4.78, 5) is 23.9. The van der Waals surface area contributed by atoms with Gasteiger partial charge in [-0.2, -0.15) is 0 Å². The van der Waals surface area contributed by atoms with Crippen molar-refractivity contribution in [3.05, 3.63) is 58.6 Å². The van der Waals surface area contributed by atoms with Gasteiger partial charge in [0.15, 0.2) is 0 Å². The van der Waals surface area contributed by atoms with Gasteiger partial charge in [0, 0.05) is 27.6 Å². The summed E-state index contributed by atoms with van der Waals surface area (Å²) < 4.78 is 0. The Kier molecular flexibility index (Phi) is 5.85. The van der Waals surface area contributed by atoms with Gasteiger partial charge in [0.1, 0.15) is 0 Å². The average Bonchev–Trinajstić information content (AvgIpc) is 2.53. The molecule has 0 fully saturated rings. The van der Waals surface area contributed by atoms with Gasteiger partial charge in [0.25, 0.3) is 5.69 Å². The standard InChI is InChI=1S/C15H14N2O3S2/c1-21-14-4-2-3-11(9-14)16-15(18)10-22-13-7-5-12(6-8-13)17(19)20/h2-9H,10H2,1H3,(H,16,18). The Morgan fingerprint density at radius 3 is 2.55 bits per heavy atom. The number of carbonyl (C=O) groups is 1. The summed E-state index contributed by atoms with van der Waals surface area (Å²) in [6.07, 6.45) is 1.98. The lowest BCUT2D eigenvalue weighted by molar-refractivity contribution is -0.384. The predicted molar refractivity (Wildman–Crippen MR) is 90.7 cm³/mol. The zero-order valence-corrected chi connectivity index (χ0v) is 13.4. The number of anilines is 1. The smallest absolute Gasteiger partial charge is 0.269 e. The molecule has 5 nitrogen and oxygen atoms in total. The van der Waals surface area contributed by atoms with E-state index in [1.54, 1.807) is 23.9 Å². The highest BCUT2D eigenvalue weighted by Crippen LogP contribution is 2.22. The topological polar surface area (TPSA) is 72.2 Å². The minimum Gasteiger partial charge on any atom is -0.325 e. The minimum atomic E-state index is -0.445. The number of nitro benzene ring substituents is 1. The SMILES string of the molecule is CSc1cccc(NC(=O)CSc2ccc([N+](=O)[O-])cc2)c1. The van der Waals surface area contributed by atoms with Crippen LogP contribution in [0.4, 0.5) is 11.4 Å². The number of hydrogen-bond acceptors (Lipinski definition) is 5. The number of thioether (sulfide) groups is 2. The Labute approximate surface area is 136 Å². The van der Waals surface area contributed by atoms with Gasteiger partial charge in [0.05, 0.1) is 10.7 Å². The van der Waals surface area contributed by atoms with Crippen LogP contribution in [0.2, 0.25) is 0 Å². The lowest BCUT2D eigenvalue weighted by Crippen LogP contribution is -2.13. The van der Waals surface area contributed by atoms with Gasteiger partial charge in [-0.1, -0.05) is 6.07 Å². The van der Waals surface area contributed by atoms with E-state index in [4.69, 9.17) is 0 Å². The number of nitrogens with one attached hydrogen (secondary N) is 1. The van der Waals surface area contributed by atoms with E-state index in [1.807, 2.05) is 30.5 Å². The summed E-state index contributed by atoms with van der Waals surface area (Å²) in [6, 6.07) is 13.8. The summed E-state index contributed by atoms with van der Waals surface area (Å²) in [5, 5.41) is 13.4. The molecule has 2 aromatic rings. The Morgan fingerprint density at radius 1 is 1.18 bits per heavy atom. The summed E-state index contributed by atoms with van der Waals surface area (Å²) in [5.41, 5.74) is 0.809. The van der Waals surface area contributed by atoms with E-state index < -0.39 is 4.92 Å². The fourth-order valence-electron chi connectivity index (χ4n) is 1.71. The molecular weight excluding hydrogens is 320 g/mol. The normalized spacial score (nSPS) is 10.2. The van der Waals surface area contributed by atoms with Crippen molar-refractivity contribution >= 4 is 40.8 Å². The zero-order chi connectivity index (χ0) is 15.9. The van der Waals surface area contributed by atoms with Gasteiger partial charge in [0.2, 0.25) is 5.91 Å². The van der Waals surface area contributed by atoms with Crippen molar-refractivity contribution in [3.8, 4) is 0 Å². The van der Waals surface area contributed by atoms with Crippen LogP contribution in [-0.4, -0.2) is 22.8 Å². The van der Waals surface area contributed by atoms with Crippen LogP contribution < -0.4 is 5.32 Å². The van der Waals surface area contributed by atoms with E-state index >= 15 is 0 Å². The van der Waals surface area contributed by atoms with E-state index in [-0.39, 0.29) is 17.3 Å². The van der Waals surface area contributed by atoms with Gasteiger partial charge >= 0.3 is 0 Å². The molecule has 0 aliphatic rings. The molecule has 2 aromatic carbocycles. The van der Waals surface area contributed by atoms with Gasteiger partial charge in [-0.25, -0.2) is 0 Å².